The van der Waals surface area contributed by atoms with Crippen LogP contribution < -0.4 is 11.1 Å². The van der Waals surface area contributed by atoms with Crippen LogP contribution in [0, 0.1) is 17.6 Å². The Morgan fingerprint density at radius 2 is 2.06 bits per heavy atom. The second-order valence-corrected chi connectivity index (χ2v) is 4.62. The Kier molecular flexibility index (Phi) is 3.91. The topological polar surface area (TPSA) is 55.1 Å². The fraction of sp³-hybridized carbons (Fsp3) is 0.462. The van der Waals surface area contributed by atoms with Gasteiger partial charge in [0.2, 0.25) is 5.91 Å². The first kappa shape index (κ1) is 13.0. The summed E-state index contributed by atoms with van der Waals surface area (Å²) in [5.41, 5.74) is 5.34. The number of primary amides is 1. The average molecular weight is 254 g/mol. The van der Waals surface area contributed by atoms with Crippen LogP contribution in [0.3, 0.4) is 0 Å². The second-order valence-electron chi connectivity index (χ2n) is 4.62. The molecular formula is C13H16F2N2O. The van der Waals surface area contributed by atoms with Crippen LogP contribution in [0.1, 0.15) is 18.4 Å². The summed E-state index contributed by atoms with van der Waals surface area (Å²) in [6, 6.07) is 3.48. The van der Waals surface area contributed by atoms with Crippen LogP contribution in [0.4, 0.5) is 8.78 Å². The average Bonchev–Trinajstić information content (AvgIpc) is 2.34. The molecule has 1 saturated heterocycles. The number of piperidine rings is 1. The molecule has 0 aliphatic carbocycles. The summed E-state index contributed by atoms with van der Waals surface area (Å²) in [6.45, 7) is 0.741. The van der Waals surface area contributed by atoms with Crippen LogP contribution in [0.15, 0.2) is 18.2 Å². The Hall–Kier alpha value is -1.49. The van der Waals surface area contributed by atoms with Gasteiger partial charge in [-0.3, -0.25) is 4.79 Å². The van der Waals surface area contributed by atoms with Gasteiger partial charge in [-0.2, -0.15) is 0 Å². The van der Waals surface area contributed by atoms with Crippen LogP contribution in [0.25, 0.3) is 0 Å². The van der Waals surface area contributed by atoms with E-state index in [-0.39, 0.29) is 23.9 Å². The Labute approximate surface area is 104 Å². The van der Waals surface area contributed by atoms with Gasteiger partial charge in [0.15, 0.2) is 0 Å². The highest BCUT2D eigenvalue weighted by molar-refractivity contribution is 5.77. The maximum atomic E-state index is 13.5. The monoisotopic (exact) mass is 254 g/mol. The molecule has 18 heavy (non-hydrogen) atoms. The normalized spacial score (nSPS) is 23.9. The maximum Gasteiger partial charge on any atom is 0.222 e. The Morgan fingerprint density at radius 1 is 1.39 bits per heavy atom. The number of amides is 1. The van der Waals surface area contributed by atoms with E-state index >= 15 is 0 Å². The van der Waals surface area contributed by atoms with E-state index in [1.165, 1.54) is 18.2 Å². The van der Waals surface area contributed by atoms with Crippen LogP contribution in [-0.4, -0.2) is 18.5 Å². The molecule has 2 rings (SSSR count). The number of nitrogens with one attached hydrogen (secondary N) is 1. The van der Waals surface area contributed by atoms with Gasteiger partial charge in [0.05, 0.1) is 5.92 Å². The summed E-state index contributed by atoms with van der Waals surface area (Å²) in [5.74, 6) is -1.93. The molecule has 2 unspecified atom stereocenters. The largest absolute Gasteiger partial charge is 0.369 e. The van der Waals surface area contributed by atoms with Gasteiger partial charge < -0.3 is 11.1 Å². The van der Waals surface area contributed by atoms with Gasteiger partial charge in [-0.25, -0.2) is 8.78 Å². The molecule has 1 aliphatic heterocycles. The van der Waals surface area contributed by atoms with Crippen LogP contribution >= 0.6 is 0 Å². The molecule has 0 aromatic heterocycles. The van der Waals surface area contributed by atoms with E-state index in [0.29, 0.717) is 6.42 Å². The summed E-state index contributed by atoms with van der Waals surface area (Å²) in [7, 11) is 0. The lowest BCUT2D eigenvalue weighted by Crippen LogP contribution is -2.48. The Balaban J connectivity index is 2.18. The predicted molar refractivity (Wildman–Crippen MR) is 63.8 cm³/mol. The SMILES string of the molecule is NC(=O)C1CCCNC1Cc1c(F)cccc1F. The van der Waals surface area contributed by atoms with E-state index in [2.05, 4.69) is 5.32 Å². The molecule has 0 bridgehead atoms. The highest BCUT2D eigenvalue weighted by atomic mass is 19.1. The van der Waals surface area contributed by atoms with Crippen LogP contribution in [0.2, 0.25) is 0 Å². The lowest BCUT2D eigenvalue weighted by Gasteiger charge is -2.30. The molecule has 1 heterocycles. The van der Waals surface area contributed by atoms with E-state index in [1.807, 2.05) is 0 Å². The smallest absolute Gasteiger partial charge is 0.222 e. The van der Waals surface area contributed by atoms with Gasteiger partial charge in [0.25, 0.3) is 0 Å². The third-order valence-electron chi connectivity index (χ3n) is 3.44. The molecule has 0 saturated carbocycles. The number of hydrogen-bond acceptors (Lipinski definition) is 2. The van der Waals surface area contributed by atoms with Crippen molar-refractivity contribution in [2.24, 2.45) is 11.7 Å². The Bertz CT molecular complexity index is 430. The second kappa shape index (κ2) is 5.44. The third kappa shape index (κ3) is 2.67. The number of carbonyl (C=O) groups is 1. The standard InChI is InChI=1S/C13H16F2N2O/c14-10-4-1-5-11(15)9(10)7-12-8(13(16)18)3-2-6-17-12/h1,4-5,8,12,17H,2-3,6-7H2,(H2,16,18). The molecule has 2 atom stereocenters. The van der Waals surface area contributed by atoms with E-state index in [1.54, 1.807) is 0 Å². The van der Waals surface area contributed by atoms with Crippen molar-refractivity contribution < 1.29 is 13.6 Å². The van der Waals surface area contributed by atoms with Crippen molar-refractivity contribution in [1.29, 1.82) is 0 Å². The molecule has 1 aromatic carbocycles. The van der Waals surface area contributed by atoms with Gasteiger partial charge in [-0.05, 0) is 37.9 Å². The maximum absolute atomic E-state index is 13.5. The fourth-order valence-corrected chi connectivity index (χ4v) is 2.46. The quantitative estimate of drug-likeness (QED) is 0.855. The molecule has 3 N–H and O–H groups in total. The van der Waals surface area contributed by atoms with Crippen LogP contribution in [-0.2, 0) is 11.2 Å². The first-order valence-electron chi connectivity index (χ1n) is 6.05. The van der Waals surface area contributed by atoms with E-state index < -0.39 is 17.5 Å². The minimum absolute atomic E-state index is 0.0168. The lowest BCUT2D eigenvalue weighted by molar-refractivity contribution is -0.123. The third-order valence-corrected chi connectivity index (χ3v) is 3.44. The summed E-state index contributed by atoms with van der Waals surface area (Å²) in [6.07, 6.45) is 1.67. The van der Waals surface area contributed by atoms with Gasteiger partial charge in [0.1, 0.15) is 11.6 Å². The number of halogens is 2. The number of benzene rings is 1. The summed E-state index contributed by atoms with van der Waals surface area (Å²) in [4.78, 5) is 11.3. The van der Waals surface area contributed by atoms with E-state index in [4.69, 9.17) is 5.73 Å². The zero-order chi connectivity index (χ0) is 13.1. The van der Waals surface area contributed by atoms with Gasteiger partial charge in [-0.15, -0.1) is 0 Å². The predicted octanol–water partition coefficient (Wildman–Crippen LogP) is 1.36. The molecule has 1 amide bonds. The van der Waals surface area contributed by atoms with Crippen LogP contribution in [0.5, 0.6) is 0 Å². The van der Waals surface area contributed by atoms with Crippen molar-refractivity contribution >= 4 is 5.91 Å². The molecule has 3 nitrogen and oxygen atoms in total. The van der Waals surface area contributed by atoms with Crippen molar-refractivity contribution in [3.05, 3.63) is 35.4 Å². The van der Waals surface area contributed by atoms with Crippen molar-refractivity contribution in [1.82, 2.24) is 5.32 Å². The molecule has 0 spiro atoms. The summed E-state index contributed by atoms with van der Waals surface area (Å²) < 4.78 is 27.1. The van der Waals surface area contributed by atoms with E-state index in [9.17, 15) is 13.6 Å². The van der Waals surface area contributed by atoms with Gasteiger partial charge in [0, 0.05) is 11.6 Å². The molecule has 5 heteroatoms. The van der Waals surface area contributed by atoms with Crippen molar-refractivity contribution in [2.45, 2.75) is 25.3 Å². The minimum atomic E-state index is -0.578. The van der Waals surface area contributed by atoms with Crippen molar-refractivity contribution in [2.75, 3.05) is 6.54 Å². The minimum Gasteiger partial charge on any atom is -0.369 e. The molecule has 1 aromatic rings. The number of rotatable bonds is 3. The summed E-state index contributed by atoms with van der Waals surface area (Å²) >= 11 is 0. The highest BCUT2D eigenvalue weighted by Crippen LogP contribution is 2.22. The van der Waals surface area contributed by atoms with Gasteiger partial charge in [-0.1, -0.05) is 6.07 Å². The number of carbonyl (C=O) groups excluding carboxylic acids is 1. The lowest BCUT2D eigenvalue weighted by atomic mass is 9.86. The zero-order valence-electron chi connectivity index (χ0n) is 9.96. The Morgan fingerprint density at radius 3 is 2.67 bits per heavy atom. The van der Waals surface area contributed by atoms with E-state index in [0.717, 1.165) is 13.0 Å². The molecule has 0 radical (unpaired) electrons. The summed E-state index contributed by atoms with van der Waals surface area (Å²) in [5, 5.41) is 3.12. The fourth-order valence-electron chi connectivity index (χ4n) is 2.46. The number of nitrogens with two attached hydrogens (primary N) is 1. The molecule has 1 aliphatic rings. The first-order chi connectivity index (χ1) is 8.59. The highest BCUT2D eigenvalue weighted by Gasteiger charge is 2.30. The number of hydrogen-bond donors (Lipinski definition) is 2. The zero-order valence-corrected chi connectivity index (χ0v) is 9.96. The first-order valence-corrected chi connectivity index (χ1v) is 6.05. The van der Waals surface area contributed by atoms with Crippen molar-refractivity contribution in [3.63, 3.8) is 0 Å². The molecule has 1 fully saturated rings. The molecular weight excluding hydrogens is 238 g/mol. The van der Waals surface area contributed by atoms with Gasteiger partial charge >= 0.3 is 0 Å². The molecule has 98 valence electrons. The van der Waals surface area contributed by atoms with Crippen molar-refractivity contribution in [3.8, 4) is 0 Å².